The minimum atomic E-state index is 0. The highest BCUT2D eigenvalue weighted by molar-refractivity contribution is 14.0. The smallest absolute Gasteiger partial charge is 0.218 e. The van der Waals surface area contributed by atoms with Crippen molar-refractivity contribution in [2.75, 3.05) is 33.9 Å². The lowest BCUT2D eigenvalue weighted by Gasteiger charge is -2.18. The molecule has 0 spiro atoms. The predicted molar refractivity (Wildman–Crippen MR) is 119 cm³/mol. The van der Waals surface area contributed by atoms with E-state index in [4.69, 9.17) is 9.47 Å². The van der Waals surface area contributed by atoms with Gasteiger partial charge < -0.3 is 20.1 Å². The van der Waals surface area contributed by atoms with Gasteiger partial charge in [-0.15, -0.1) is 24.0 Å². The monoisotopic (exact) mass is 478 g/mol. The summed E-state index contributed by atoms with van der Waals surface area (Å²) in [7, 11) is 3.45. The van der Waals surface area contributed by atoms with E-state index in [9.17, 15) is 0 Å². The van der Waals surface area contributed by atoms with Gasteiger partial charge in [0.25, 0.3) is 0 Å². The largest absolute Gasteiger partial charge is 0.475 e. The van der Waals surface area contributed by atoms with E-state index in [-0.39, 0.29) is 24.0 Å². The number of rotatable bonds is 12. The standard InChI is InChI=1S/C19H34N4O2.HI/c1-5-7-9-16(6-2)14-22-19(20-3)23-15-17-10-8-11-21-18(17)25-13-12-24-4;/h8,10-11,16H,5-7,9,12-15H2,1-4H3,(H2,20,22,23);1H. The Kier molecular flexibility index (Phi) is 15.4. The van der Waals surface area contributed by atoms with Crippen LogP contribution in [0.5, 0.6) is 5.88 Å². The number of pyridine rings is 1. The van der Waals surface area contributed by atoms with Gasteiger partial charge in [-0.05, 0) is 18.4 Å². The van der Waals surface area contributed by atoms with Gasteiger partial charge in [-0.25, -0.2) is 4.98 Å². The normalized spacial score (nSPS) is 12.2. The lowest BCUT2D eigenvalue weighted by atomic mass is 9.99. The van der Waals surface area contributed by atoms with E-state index >= 15 is 0 Å². The van der Waals surface area contributed by atoms with Crippen LogP contribution in [0.3, 0.4) is 0 Å². The van der Waals surface area contributed by atoms with E-state index in [0.29, 0.717) is 31.6 Å². The van der Waals surface area contributed by atoms with Crippen molar-refractivity contribution in [3.05, 3.63) is 23.9 Å². The molecule has 150 valence electrons. The number of nitrogens with zero attached hydrogens (tertiary/aromatic N) is 2. The van der Waals surface area contributed by atoms with Crippen molar-refractivity contribution in [1.29, 1.82) is 0 Å². The number of guanidine groups is 1. The first-order chi connectivity index (χ1) is 12.2. The number of ether oxygens (including phenoxy) is 2. The topological polar surface area (TPSA) is 67.8 Å². The highest BCUT2D eigenvalue weighted by Gasteiger charge is 2.09. The third-order valence-corrected chi connectivity index (χ3v) is 4.15. The molecule has 0 saturated heterocycles. The Morgan fingerprint density at radius 1 is 1.27 bits per heavy atom. The summed E-state index contributed by atoms with van der Waals surface area (Å²) in [6, 6.07) is 3.92. The fourth-order valence-corrected chi connectivity index (χ4v) is 2.49. The molecule has 1 heterocycles. The van der Waals surface area contributed by atoms with E-state index in [0.717, 1.165) is 18.1 Å². The second-order valence-electron chi connectivity index (χ2n) is 6.03. The number of methoxy groups -OCH3 is 1. The van der Waals surface area contributed by atoms with Gasteiger partial charge in [0.1, 0.15) is 6.61 Å². The zero-order valence-electron chi connectivity index (χ0n) is 16.6. The third-order valence-electron chi connectivity index (χ3n) is 4.15. The summed E-state index contributed by atoms with van der Waals surface area (Å²) in [5, 5.41) is 6.77. The van der Waals surface area contributed by atoms with Crippen LogP contribution < -0.4 is 15.4 Å². The molecule has 1 atom stereocenters. The lowest BCUT2D eigenvalue weighted by molar-refractivity contribution is 0.143. The van der Waals surface area contributed by atoms with Gasteiger partial charge in [-0.1, -0.05) is 39.2 Å². The van der Waals surface area contributed by atoms with Crippen molar-refractivity contribution >= 4 is 29.9 Å². The molecule has 7 heteroatoms. The number of nitrogens with one attached hydrogen (secondary N) is 2. The van der Waals surface area contributed by atoms with Gasteiger partial charge in [-0.3, -0.25) is 4.99 Å². The van der Waals surface area contributed by atoms with Gasteiger partial charge in [0, 0.05) is 39.0 Å². The first kappa shape index (κ1) is 24.9. The van der Waals surface area contributed by atoms with Crippen molar-refractivity contribution in [2.45, 2.75) is 46.1 Å². The molecule has 0 aliphatic carbocycles. The van der Waals surface area contributed by atoms with Crippen LogP contribution >= 0.6 is 24.0 Å². The van der Waals surface area contributed by atoms with Gasteiger partial charge in [-0.2, -0.15) is 0 Å². The minimum absolute atomic E-state index is 0. The van der Waals surface area contributed by atoms with Crippen LogP contribution in [0.1, 0.15) is 45.1 Å². The van der Waals surface area contributed by atoms with Crippen molar-refractivity contribution in [3.8, 4) is 5.88 Å². The fourth-order valence-electron chi connectivity index (χ4n) is 2.49. The molecule has 0 aliphatic rings. The van der Waals surface area contributed by atoms with E-state index in [1.54, 1.807) is 20.4 Å². The maximum Gasteiger partial charge on any atom is 0.218 e. The zero-order chi connectivity index (χ0) is 18.3. The van der Waals surface area contributed by atoms with E-state index in [1.165, 1.54) is 25.7 Å². The molecule has 0 fully saturated rings. The van der Waals surface area contributed by atoms with Crippen molar-refractivity contribution in [3.63, 3.8) is 0 Å². The van der Waals surface area contributed by atoms with Crippen molar-refractivity contribution in [1.82, 2.24) is 15.6 Å². The third kappa shape index (κ3) is 10.2. The first-order valence-corrected chi connectivity index (χ1v) is 9.25. The summed E-state index contributed by atoms with van der Waals surface area (Å²) in [5.74, 6) is 2.13. The predicted octanol–water partition coefficient (Wildman–Crippen LogP) is 3.61. The molecule has 1 unspecified atom stereocenters. The molecule has 1 rings (SSSR count). The van der Waals surface area contributed by atoms with Crippen LogP contribution in [0.25, 0.3) is 0 Å². The van der Waals surface area contributed by atoms with Crippen LogP contribution in [-0.2, 0) is 11.3 Å². The molecule has 0 radical (unpaired) electrons. The van der Waals surface area contributed by atoms with E-state index < -0.39 is 0 Å². The Hall–Kier alpha value is -1.09. The van der Waals surface area contributed by atoms with Gasteiger partial charge in [0.2, 0.25) is 5.88 Å². The average molecular weight is 478 g/mol. The number of hydrogen-bond donors (Lipinski definition) is 2. The highest BCUT2D eigenvalue weighted by Crippen LogP contribution is 2.14. The van der Waals surface area contributed by atoms with E-state index in [1.807, 2.05) is 12.1 Å². The van der Waals surface area contributed by atoms with Crippen molar-refractivity contribution < 1.29 is 9.47 Å². The van der Waals surface area contributed by atoms with Crippen LogP contribution in [0.2, 0.25) is 0 Å². The Morgan fingerprint density at radius 2 is 2.08 bits per heavy atom. The molecule has 1 aromatic heterocycles. The Balaban J connectivity index is 0.00000625. The SMILES string of the molecule is CCCCC(CC)CNC(=NC)NCc1cccnc1OCCOC.I. The molecule has 0 bridgehead atoms. The Labute approximate surface area is 175 Å². The number of aromatic nitrogens is 1. The van der Waals surface area contributed by atoms with Crippen LogP contribution in [0.4, 0.5) is 0 Å². The summed E-state index contributed by atoms with van der Waals surface area (Å²) >= 11 is 0. The molecule has 0 aromatic carbocycles. The fraction of sp³-hybridized carbons (Fsp3) is 0.684. The highest BCUT2D eigenvalue weighted by atomic mass is 127. The van der Waals surface area contributed by atoms with Crippen LogP contribution in [0.15, 0.2) is 23.3 Å². The van der Waals surface area contributed by atoms with Crippen LogP contribution in [0, 0.1) is 5.92 Å². The second kappa shape index (κ2) is 16.1. The average Bonchev–Trinajstić information content (AvgIpc) is 2.65. The number of halogens is 1. The maximum absolute atomic E-state index is 5.67. The summed E-state index contributed by atoms with van der Waals surface area (Å²) in [6.07, 6.45) is 6.71. The zero-order valence-corrected chi connectivity index (χ0v) is 18.9. The molecular weight excluding hydrogens is 443 g/mol. The number of unbranched alkanes of at least 4 members (excludes halogenated alkanes) is 1. The quantitative estimate of drug-likeness (QED) is 0.208. The Morgan fingerprint density at radius 3 is 2.73 bits per heavy atom. The molecule has 0 saturated carbocycles. The molecule has 6 nitrogen and oxygen atoms in total. The van der Waals surface area contributed by atoms with Gasteiger partial charge in [0.15, 0.2) is 5.96 Å². The van der Waals surface area contributed by atoms with E-state index in [2.05, 4.69) is 34.5 Å². The number of aliphatic imine (C=N–C) groups is 1. The molecule has 26 heavy (non-hydrogen) atoms. The first-order valence-electron chi connectivity index (χ1n) is 9.25. The summed E-state index contributed by atoms with van der Waals surface area (Å²) in [6.45, 7) is 7.08. The minimum Gasteiger partial charge on any atom is -0.475 e. The van der Waals surface area contributed by atoms with Gasteiger partial charge >= 0.3 is 0 Å². The molecule has 0 aliphatic heterocycles. The maximum atomic E-state index is 5.67. The summed E-state index contributed by atoms with van der Waals surface area (Å²) in [4.78, 5) is 8.61. The second-order valence-corrected chi connectivity index (χ2v) is 6.03. The van der Waals surface area contributed by atoms with Gasteiger partial charge in [0.05, 0.1) is 6.61 Å². The number of hydrogen-bond acceptors (Lipinski definition) is 4. The summed E-state index contributed by atoms with van der Waals surface area (Å²) in [5.41, 5.74) is 1.000. The Bertz CT molecular complexity index is 500. The molecule has 1 aromatic rings. The molecule has 0 amide bonds. The van der Waals surface area contributed by atoms with Crippen molar-refractivity contribution in [2.24, 2.45) is 10.9 Å². The molecule has 2 N–H and O–H groups in total. The summed E-state index contributed by atoms with van der Waals surface area (Å²) < 4.78 is 10.7. The molecular formula is C19H35IN4O2. The van der Waals surface area contributed by atoms with Crippen LogP contribution in [-0.4, -0.2) is 44.9 Å². The lowest BCUT2D eigenvalue weighted by Crippen LogP contribution is -2.39.